The number of nitrogens with one attached hydrogen (secondary N) is 1. The molecule has 2 saturated heterocycles. The van der Waals surface area contributed by atoms with Crippen LogP contribution in [0.1, 0.15) is 31.9 Å². The summed E-state index contributed by atoms with van der Waals surface area (Å²) in [7, 11) is 0. The van der Waals surface area contributed by atoms with Crippen LogP contribution in [0.15, 0.2) is 41.8 Å². The Labute approximate surface area is 249 Å². The van der Waals surface area contributed by atoms with Crippen LogP contribution < -0.4 is 15.3 Å². The van der Waals surface area contributed by atoms with Gasteiger partial charge < -0.3 is 19.6 Å². The number of rotatable bonds is 6. The number of aryl methyl sites for hydroxylation is 1. The second kappa shape index (κ2) is 10.4. The van der Waals surface area contributed by atoms with Crippen molar-refractivity contribution < 1.29 is 9.84 Å². The fourth-order valence-electron chi connectivity index (χ4n) is 6.92. The van der Waals surface area contributed by atoms with E-state index in [4.69, 9.17) is 21.3 Å². The van der Waals surface area contributed by atoms with E-state index in [0.29, 0.717) is 36.3 Å². The average Bonchev–Trinajstić information content (AvgIpc) is 3.43. The number of aliphatic hydroxyl groups excluding tert-OH is 1. The van der Waals surface area contributed by atoms with Crippen LogP contribution in [0.5, 0.6) is 5.75 Å². The summed E-state index contributed by atoms with van der Waals surface area (Å²) in [6.45, 7) is 14.3. The van der Waals surface area contributed by atoms with Crippen molar-refractivity contribution in [1.29, 1.82) is 0 Å². The average molecular weight is 590 g/mol. The van der Waals surface area contributed by atoms with E-state index in [9.17, 15) is 9.90 Å². The minimum Gasteiger partial charge on any atom is -0.488 e. The van der Waals surface area contributed by atoms with Gasteiger partial charge in [-0.1, -0.05) is 24.2 Å². The maximum absolute atomic E-state index is 14.0. The summed E-state index contributed by atoms with van der Waals surface area (Å²) in [5.41, 5.74) is 4.09. The van der Waals surface area contributed by atoms with Crippen LogP contribution in [-0.4, -0.2) is 92.3 Å². The van der Waals surface area contributed by atoms with Crippen LogP contribution in [-0.2, 0) is 0 Å². The second-order valence-electron chi connectivity index (χ2n) is 12.0. The third kappa shape index (κ3) is 4.23. The highest BCUT2D eigenvalue weighted by Crippen LogP contribution is 2.49. The van der Waals surface area contributed by atoms with Crippen LogP contribution in [0.25, 0.3) is 32.9 Å². The van der Waals surface area contributed by atoms with E-state index in [-0.39, 0.29) is 23.8 Å². The molecule has 2 aromatic carbocycles. The molecule has 11 heteroatoms. The van der Waals surface area contributed by atoms with Gasteiger partial charge in [0.05, 0.1) is 28.3 Å². The molecule has 2 unspecified atom stereocenters. The number of hydrogen-bond acceptors (Lipinski definition) is 8. The maximum Gasteiger partial charge on any atom is 0.350 e. The number of aromatic nitrogens is 4. The monoisotopic (exact) mass is 589 g/mol. The molecule has 0 aliphatic carbocycles. The number of benzene rings is 2. The zero-order valence-corrected chi connectivity index (χ0v) is 24.9. The van der Waals surface area contributed by atoms with Crippen molar-refractivity contribution in [2.24, 2.45) is 0 Å². The lowest BCUT2D eigenvalue weighted by Gasteiger charge is -2.46. The molecule has 0 amide bonds. The summed E-state index contributed by atoms with van der Waals surface area (Å²) in [5.74, 6) is 1.20. The number of halogens is 1. The molecule has 7 rings (SSSR count). The van der Waals surface area contributed by atoms with Gasteiger partial charge in [-0.25, -0.2) is 4.79 Å². The number of aromatic amines is 1. The van der Waals surface area contributed by atoms with E-state index in [1.54, 1.807) is 6.08 Å². The highest BCUT2D eigenvalue weighted by molar-refractivity contribution is 6.35. The summed E-state index contributed by atoms with van der Waals surface area (Å²) in [6.07, 6.45) is 3.79. The van der Waals surface area contributed by atoms with Crippen molar-refractivity contribution in [3.8, 4) is 16.9 Å². The van der Waals surface area contributed by atoms with Crippen molar-refractivity contribution in [3.63, 3.8) is 0 Å². The molecule has 0 saturated carbocycles. The van der Waals surface area contributed by atoms with Gasteiger partial charge in [-0.05, 0) is 64.1 Å². The topological polar surface area (TPSA) is 103 Å². The van der Waals surface area contributed by atoms with Crippen molar-refractivity contribution in [2.45, 2.75) is 51.5 Å². The second-order valence-corrected chi connectivity index (χ2v) is 12.4. The molecule has 42 heavy (non-hydrogen) atoms. The van der Waals surface area contributed by atoms with E-state index >= 15 is 0 Å². The van der Waals surface area contributed by atoms with Gasteiger partial charge in [0.15, 0.2) is 5.75 Å². The van der Waals surface area contributed by atoms with Crippen molar-refractivity contribution >= 4 is 39.2 Å². The standard InChI is InChI=1S/C31H36ClN7O3/c1-5-25(40)37-13-19(4)38(14-18(37)3)30-21-11-23(32)27(26-17(2)7-8-24-22(26)12-33-35-24)29-28(21)39(31(41)34-30)20(16-42-29)15-36-9-6-10-36/h5,7-8,11-12,18-20,25,40H,1,6,9-10,13-16H2,2-4H3,(H,33,35)/t18-,19+,20?,25?/m1/s1. The van der Waals surface area contributed by atoms with E-state index < -0.39 is 6.23 Å². The quantitative estimate of drug-likeness (QED) is 0.326. The zero-order valence-electron chi connectivity index (χ0n) is 24.2. The molecule has 2 fully saturated rings. The molecule has 2 N–H and O–H groups in total. The van der Waals surface area contributed by atoms with Crippen LogP contribution >= 0.6 is 11.6 Å². The van der Waals surface area contributed by atoms with Gasteiger partial charge in [0, 0.05) is 53.6 Å². The van der Waals surface area contributed by atoms with E-state index in [2.05, 4.69) is 47.3 Å². The predicted molar refractivity (Wildman–Crippen MR) is 166 cm³/mol. The van der Waals surface area contributed by atoms with Gasteiger partial charge in [-0.3, -0.25) is 14.6 Å². The Morgan fingerprint density at radius 3 is 2.76 bits per heavy atom. The Hall–Kier alpha value is -3.44. The largest absolute Gasteiger partial charge is 0.488 e. The zero-order chi connectivity index (χ0) is 29.3. The van der Waals surface area contributed by atoms with Crippen molar-refractivity contribution in [2.75, 3.05) is 44.2 Å². The molecule has 4 atom stereocenters. The summed E-state index contributed by atoms with van der Waals surface area (Å²) in [6, 6.07) is 5.83. The minimum absolute atomic E-state index is 0.00682. The molecule has 0 bridgehead atoms. The number of hydrogen-bond donors (Lipinski definition) is 2. The summed E-state index contributed by atoms with van der Waals surface area (Å²) in [5, 5.41) is 20.1. The third-order valence-corrected chi connectivity index (χ3v) is 9.54. The number of H-pyrrole nitrogens is 1. The molecular weight excluding hydrogens is 554 g/mol. The van der Waals surface area contributed by atoms with E-state index in [1.807, 2.05) is 33.9 Å². The number of ether oxygens (including phenoxy) is 1. The fraction of sp³-hybridized carbons (Fsp3) is 0.452. The fourth-order valence-corrected chi connectivity index (χ4v) is 7.21. The summed E-state index contributed by atoms with van der Waals surface area (Å²) in [4.78, 5) is 25.3. The molecule has 2 aromatic heterocycles. The number of anilines is 1. The SMILES string of the molecule is C=CC(O)N1C[C@H](C)N(c2nc(=O)n3c4c(c(-c5c(C)ccc6[nH]ncc56)c(Cl)cc24)OCC3CN2CCC2)C[C@H]1C. The van der Waals surface area contributed by atoms with Gasteiger partial charge in [0.25, 0.3) is 0 Å². The Morgan fingerprint density at radius 1 is 1.21 bits per heavy atom. The lowest BCUT2D eigenvalue weighted by molar-refractivity contribution is 0.0000425. The van der Waals surface area contributed by atoms with Crippen LogP contribution in [0, 0.1) is 6.92 Å². The Balaban J connectivity index is 1.46. The molecule has 10 nitrogen and oxygen atoms in total. The minimum atomic E-state index is -0.735. The first-order valence-electron chi connectivity index (χ1n) is 14.7. The molecule has 5 heterocycles. The van der Waals surface area contributed by atoms with Gasteiger partial charge in [0.2, 0.25) is 0 Å². The Bertz CT molecular complexity index is 1760. The van der Waals surface area contributed by atoms with Crippen molar-refractivity contribution in [3.05, 3.63) is 58.1 Å². The highest BCUT2D eigenvalue weighted by Gasteiger charge is 2.37. The maximum atomic E-state index is 14.0. The number of fused-ring (bicyclic) bond motifs is 1. The molecule has 4 aromatic rings. The van der Waals surface area contributed by atoms with Crippen LogP contribution in [0.4, 0.5) is 5.82 Å². The molecule has 220 valence electrons. The molecule has 0 spiro atoms. The number of likely N-dealkylation sites (tertiary alicyclic amines) is 1. The molecule has 3 aliphatic heterocycles. The summed E-state index contributed by atoms with van der Waals surface area (Å²) < 4.78 is 8.47. The first kappa shape index (κ1) is 27.4. The number of aliphatic hydroxyl groups is 1. The summed E-state index contributed by atoms with van der Waals surface area (Å²) >= 11 is 7.18. The first-order valence-corrected chi connectivity index (χ1v) is 15.0. The normalized spacial score (nSPS) is 23.6. The van der Waals surface area contributed by atoms with Gasteiger partial charge >= 0.3 is 5.69 Å². The Kier molecular flexibility index (Phi) is 6.77. The first-order chi connectivity index (χ1) is 20.3. The smallest absolute Gasteiger partial charge is 0.350 e. The van der Waals surface area contributed by atoms with Gasteiger partial charge in [0.1, 0.15) is 18.7 Å². The Morgan fingerprint density at radius 2 is 2.02 bits per heavy atom. The van der Waals surface area contributed by atoms with Crippen molar-refractivity contribution in [1.82, 2.24) is 29.5 Å². The van der Waals surface area contributed by atoms with Gasteiger partial charge in [-0.2, -0.15) is 10.1 Å². The number of nitrogens with zero attached hydrogens (tertiary/aromatic N) is 6. The molecule has 0 radical (unpaired) electrons. The number of piperazine rings is 1. The predicted octanol–water partition coefficient (Wildman–Crippen LogP) is 3.94. The van der Waals surface area contributed by atoms with Gasteiger partial charge in [-0.15, -0.1) is 0 Å². The van der Waals surface area contributed by atoms with E-state index in [1.165, 1.54) is 6.42 Å². The highest BCUT2D eigenvalue weighted by atomic mass is 35.5. The van der Waals surface area contributed by atoms with Crippen LogP contribution in [0.3, 0.4) is 0 Å². The van der Waals surface area contributed by atoms with Crippen LogP contribution in [0.2, 0.25) is 5.02 Å². The van der Waals surface area contributed by atoms with E-state index in [0.717, 1.165) is 58.1 Å². The molecule has 3 aliphatic rings. The lowest BCUT2D eigenvalue weighted by atomic mass is 9.94. The molecular formula is C31H36ClN7O3. The lowest BCUT2D eigenvalue weighted by Crippen LogP contribution is -2.59. The third-order valence-electron chi connectivity index (χ3n) is 9.24.